The topological polar surface area (TPSA) is 110 Å². The molecule has 0 unspecified atom stereocenters. The molecule has 1 aromatic carbocycles. The van der Waals surface area contributed by atoms with E-state index in [1.54, 1.807) is 20.8 Å². The van der Waals surface area contributed by atoms with Gasteiger partial charge in [0.2, 0.25) is 10.0 Å². The molecular formula is C13H20N2O5S. The molecule has 0 bridgehead atoms. The molecule has 0 saturated heterocycles. The van der Waals surface area contributed by atoms with E-state index >= 15 is 0 Å². The predicted molar refractivity (Wildman–Crippen MR) is 78.2 cm³/mol. The minimum Gasteiger partial charge on any atom is -0.506 e. The maximum absolute atomic E-state index is 12.6. The number of hydrogen-bond donors (Lipinski definition) is 2. The van der Waals surface area contributed by atoms with Gasteiger partial charge in [-0.25, -0.2) is 8.42 Å². The molecule has 21 heavy (non-hydrogen) atoms. The number of esters is 1. The standard InChI is InChI=1S/C13H20N2O5S/c1-4-20-13(17)8-15(9(2)3)21(18,19)10-5-6-12(16)11(14)7-10/h5-7,9,16H,4,8,14H2,1-3H3. The second-order valence-corrected chi connectivity index (χ2v) is 6.56. The lowest BCUT2D eigenvalue weighted by atomic mass is 10.3. The summed E-state index contributed by atoms with van der Waals surface area (Å²) in [5.74, 6) is -0.822. The summed E-state index contributed by atoms with van der Waals surface area (Å²) in [6, 6.07) is 3.16. The van der Waals surface area contributed by atoms with Crippen molar-refractivity contribution < 1.29 is 23.1 Å². The van der Waals surface area contributed by atoms with E-state index in [9.17, 15) is 18.3 Å². The van der Waals surface area contributed by atoms with Gasteiger partial charge in [-0.1, -0.05) is 0 Å². The average Bonchev–Trinajstić information content (AvgIpc) is 2.38. The molecule has 0 aliphatic heterocycles. The molecule has 0 aromatic heterocycles. The number of carbonyl (C=O) groups excluding carboxylic acids is 1. The highest BCUT2D eigenvalue weighted by Gasteiger charge is 2.29. The molecule has 0 amide bonds. The number of nitrogen functional groups attached to an aromatic ring is 1. The summed E-state index contributed by atoms with van der Waals surface area (Å²) in [4.78, 5) is 11.5. The van der Waals surface area contributed by atoms with Crippen LogP contribution < -0.4 is 5.73 Å². The predicted octanol–water partition coefficient (Wildman–Crippen LogP) is 0.937. The third-order valence-electron chi connectivity index (χ3n) is 2.77. The van der Waals surface area contributed by atoms with Crippen LogP contribution in [-0.4, -0.2) is 43.0 Å². The molecule has 0 radical (unpaired) electrons. The molecule has 0 spiro atoms. The zero-order valence-electron chi connectivity index (χ0n) is 12.2. The molecule has 0 atom stereocenters. The van der Waals surface area contributed by atoms with Crippen molar-refractivity contribution in [1.82, 2.24) is 4.31 Å². The Morgan fingerprint density at radius 2 is 2.05 bits per heavy atom. The van der Waals surface area contributed by atoms with Crippen molar-refractivity contribution in [2.45, 2.75) is 31.7 Å². The van der Waals surface area contributed by atoms with Crippen LogP contribution in [0.1, 0.15) is 20.8 Å². The van der Waals surface area contributed by atoms with Crippen LogP contribution in [0.15, 0.2) is 23.1 Å². The Hall–Kier alpha value is -1.80. The summed E-state index contributed by atoms with van der Waals surface area (Å²) >= 11 is 0. The Morgan fingerprint density at radius 1 is 1.43 bits per heavy atom. The number of phenols is 1. The van der Waals surface area contributed by atoms with Crippen LogP contribution in [0.25, 0.3) is 0 Å². The number of phenolic OH excluding ortho intramolecular Hbond substituents is 1. The van der Waals surface area contributed by atoms with Crippen LogP contribution in [0.3, 0.4) is 0 Å². The largest absolute Gasteiger partial charge is 0.506 e. The van der Waals surface area contributed by atoms with Crippen molar-refractivity contribution in [1.29, 1.82) is 0 Å². The summed E-state index contributed by atoms with van der Waals surface area (Å²) in [6.07, 6.45) is 0. The first kappa shape index (κ1) is 17.3. The van der Waals surface area contributed by atoms with E-state index in [0.29, 0.717) is 0 Å². The van der Waals surface area contributed by atoms with Crippen molar-refractivity contribution in [3.8, 4) is 5.75 Å². The number of carbonyl (C=O) groups is 1. The summed E-state index contributed by atoms with van der Waals surface area (Å²) in [5.41, 5.74) is 5.47. The molecule has 118 valence electrons. The summed E-state index contributed by atoms with van der Waals surface area (Å²) in [5, 5.41) is 9.37. The van der Waals surface area contributed by atoms with Crippen molar-refractivity contribution in [3.05, 3.63) is 18.2 Å². The van der Waals surface area contributed by atoms with Gasteiger partial charge in [0.25, 0.3) is 0 Å². The van der Waals surface area contributed by atoms with E-state index in [4.69, 9.17) is 10.5 Å². The first-order chi connectivity index (χ1) is 9.70. The fraction of sp³-hybridized carbons (Fsp3) is 0.462. The minimum atomic E-state index is -3.91. The highest BCUT2D eigenvalue weighted by Crippen LogP contribution is 2.26. The Labute approximate surface area is 124 Å². The third kappa shape index (κ3) is 4.08. The van der Waals surface area contributed by atoms with Crippen LogP contribution in [-0.2, 0) is 19.6 Å². The molecule has 7 nitrogen and oxygen atoms in total. The van der Waals surface area contributed by atoms with Gasteiger partial charge in [-0.05, 0) is 39.0 Å². The van der Waals surface area contributed by atoms with Crippen molar-refractivity contribution in [2.75, 3.05) is 18.9 Å². The Bertz CT molecular complexity index is 613. The molecule has 8 heteroatoms. The van der Waals surface area contributed by atoms with Crippen LogP contribution in [0, 0.1) is 0 Å². The quantitative estimate of drug-likeness (QED) is 0.459. The number of nitrogens with zero attached hydrogens (tertiary/aromatic N) is 1. The number of benzene rings is 1. The van der Waals surface area contributed by atoms with Crippen molar-refractivity contribution >= 4 is 21.7 Å². The summed E-state index contributed by atoms with van der Waals surface area (Å²) in [6.45, 7) is 4.75. The van der Waals surface area contributed by atoms with E-state index < -0.39 is 22.0 Å². The van der Waals surface area contributed by atoms with E-state index in [2.05, 4.69) is 0 Å². The van der Waals surface area contributed by atoms with Crippen LogP contribution in [0.2, 0.25) is 0 Å². The summed E-state index contributed by atoms with van der Waals surface area (Å²) in [7, 11) is -3.91. The van der Waals surface area contributed by atoms with E-state index in [1.165, 1.54) is 12.1 Å². The molecule has 0 heterocycles. The fourth-order valence-corrected chi connectivity index (χ4v) is 3.32. The lowest BCUT2D eigenvalue weighted by Gasteiger charge is -2.25. The first-order valence-electron chi connectivity index (χ1n) is 6.46. The zero-order valence-corrected chi connectivity index (χ0v) is 13.1. The van der Waals surface area contributed by atoms with Gasteiger partial charge < -0.3 is 15.6 Å². The van der Waals surface area contributed by atoms with Crippen molar-refractivity contribution in [3.63, 3.8) is 0 Å². The van der Waals surface area contributed by atoms with E-state index in [0.717, 1.165) is 10.4 Å². The summed E-state index contributed by atoms with van der Waals surface area (Å²) < 4.78 is 30.9. The molecule has 1 aromatic rings. The number of hydrogen-bond acceptors (Lipinski definition) is 6. The van der Waals surface area contributed by atoms with Gasteiger partial charge in [0.15, 0.2) is 0 Å². The number of rotatable bonds is 6. The van der Waals surface area contributed by atoms with Gasteiger partial charge in [0, 0.05) is 6.04 Å². The maximum atomic E-state index is 12.6. The van der Waals surface area contributed by atoms with Gasteiger partial charge in [-0.3, -0.25) is 4.79 Å². The first-order valence-corrected chi connectivity index (χ1v) is 7.90. The molecule has 0 aliphatic carbocycles. The monoisotopic (exact) mass is 316 g/mol. The number of nitrogens with two attached hydrogens (primary N) is 1. The SMILES string of the molecule is CCOC(=O)CN(C(C)C)S(=O)(=O)c1ccc(O)c(N)c1. The Morgan fingerprint density at radius 3 is 2.52 bits per heavy atom. The lowest BCUT2D eigenvalue weighted by molar-refractivity contribution is -0.143. The molecule has 0 saturated carbocycles. The number of anilines is 1. The molecule has 3 N–H and O–H groups in total. The third-order valence-corrected chi connectivity index (χ3v) is 4.79. The van der Waals surface area contributed by atoms with Gasteiger partial charge in [0.05, 0.1) is 17.2 Å². The van der Waals surface area contributed by atoms with E-state index in [1.807, 2.05) is 0 Å². The van der Waals surface area contributed by atoms with Crippen LogP contribution in [0.5, 0.6) is 5.75 Å². The number of aromatic hydroxyl groups is 1. The number of sulfonamides is 1. The molecule has 0 fully saturated rings. The smallest absolute Gasteiger partial charge is 0.321 e. The van der Waals surface area contributed by atoms with Crippen LogP contribution >= 0.6 is 0 Å². The minimum absolute atomic E-state index is 0.0454. The normalized spacial score (nSPS) is 11.9. The van der Waals surface area contributed by atoms with Gasteiger partial charge in [-0.2, -0.15) is 4.31 Å². The fourth-order valence-electron chi connectivity index (χ4n) is 1.71. The van der Waals surface area contributed by atoms with Gasteiger partial charge >= 0.3 is 5.97 Å². The van der Waals surface area contributed by atoms with Gasteiger partial charge in [-0.15, -0.1) is 0 Å². The second-order valence-electron chi connectivity index (χ2n) is 4.67. The van der Waals surface area contributed by atoms with Crippen LogP contribution in [0.4, 0.5) is 5.69 Å². The number of ether oxygens (including phenoxy) is 1. The average molecular weight is 316 g/mol. The molecular weight excluding hydrogens is 296 g/mol. The van der Waals surface area contributed by atoms with E-state index in [-0.39, 0.29) is 29.5 Å². The highest BCUT2D eigenvalue weighted by atomic mass is 32.2. The Balaban J connectivity index is 3.15. The van der Waals surface area contributed by atoms with Crippen molar-refractivity contribution in [2.24, 2.45) is 0 Å². The second kappa shape index (κ2) is 6.77. The highest BCUT2D eigenvalue weighted by molar-refractivity contribution is 7.89. The molecule has 0 aliphatic rings. The maximum Gasteiger partial charge on any atom is 0.321 e. The Kier molecular flexibility index (Phi) is 5.56. The molecule has 1 rings (SSSR count). The van der Waals surface area contributed by atoms with Gasteiger partial charge in [0.1, 0.15) is 12.3 Å². The zero-order chi connectivity index (χ0) is 16.2. The lowest BCUT2D eigenvalue weighted by Crippen LogP contribution is -2.41.